The molecule has 0 aromatic heterocycles. The number of carbonyl (C=O) groups excluding carboxylic acids is 2. The molecule has 1 fully saturated rings. The van der Waals surface area contributed by atoms with Gasteiger partial charge in [-0.05, 0) is 45.7 Å². The quantitative estimate of drug-likeness (QED) is 0.736. The van der Waals surface area contributed by atoms with Gasteiger partial charge in [-0.3, -0.25) is 14.5 Å². The number of rotatable bonds is 5. The van der Waals surface area contributed by atoms with Gasteiger partial charge in [0.15, 0.2) is 0 Å². The van der Waals surface area contributed by atoms with Crippen LogP contribution in [0.25, 0.3) is 0 Å². The lowest BCUT2D eigenvalue weighted by Gasteiger charge is -2.37. The number of piperidine rings is 1. The molecule has 1 aliphatic rings. The lowest BCUT2D eigenvalue weighted by molar-refractivity contribution is -0.139. The van der Waals surface area contributed by atoms with E-state index in [0.717, 1.165) is 25.8 Å². The highest BCUT2D eigenvalue weighted by Gasteiger charge is 2.37. The number of hydrogen-bond acceptors (Lipinski definition) is 3. The number of amides is 2. The Morgan fingerprint density at radius 1 is 1.22 bits per heavy atom. The third-order valence-corrected chi connectivity index (χ3v) is 4.62. The molecule has 0 spiro atoms. The molecule has 5 heteroatoms. The fraction of sp³-hybridized carbons (Fsp3) is 0.818. The van der Waals surface area contributed by atoms with Gasteiger partial charge in [-0.2, -0.15) is 0 Å². The molecule has 2 amide bonds. The molecule has 1 rings (SSSR count). The van der Waals surface area contributed by atoms with E-state index in [0.29, 0.717) is 6.54 Å². The Morgan fingerprint density at radius 2 is 1.78 bits per heavy atom. The summed E-state index contributed by atoms with van der Waals surface area (Å²) in [5, 5.41) is 3.03. The molecule has 27 heavy (non-hydrogen) atoms. The van der Waals surface area contributed by atoms with Crippen molar-refractivity contribution >= 4 is 11.8 Å². The van der Waals surface area contributed by atoms with Gasteiger partial charge in [0.05, 0.1) is 6.04 Å². The average Bonchev–Trinajstić information content (AvgIpc) is 2.56. The Balaban J connectivity index is 0.00000210. The minimum Gasteiger partial charge on any atom is -0.342 e. The lowest BCUT2D eigenvalue weighted by Crippen LogP contribution is -2.58. The predicted molar refractivity (Wildman–Crippen MR) is 115 cm³/mol. The minimum absolute atomic E-state index is 0.0268. The first kappa shape index (κ1) is 25.6. The molecule has 0 aromatic rings. The van der Waals surface area contributed by atoms with Gasteiger partial charge in [-0.25, -0.2) is 0 Å². The molecule has 0 saturated carbocycles. The Bertz CT molecular complexity index is 490. The summed E-state index contributed by atoms with van der Waals surface area (Å²) in [5.41, 5.74) is 0.842. The molecule has 1 heterocycles. The van der Waals surface area contributed by atoms with Crippen LogP contribution in [0, 0.1) is 5.41 Å². The van der Waals surface area contributed by atoms with Gasteiger partial charge in [0.1, 0.15) is 6.04 Å². The Labute approximate surface area is 167 Å². The van der Waals surface area contributed by atoms with Gasteiger partial charge in [-0.15, -0.1) is 0 Å². The number of carbonyl (C=O) groups is 2. The number of likely N-dealkylation sites (tertiary alicyclic amines) is 1. The number of hydrogen-bond donors (Lipinski definition) is 1. The summed E-state index contributed by atoms with van der Waals surface area (Å²) in [5.74, 6) is -0.0621. The van der Waals surface area contributed by atoms with E-state index in [1.54, 1.807) is 11.9 Å². The maximum atomic E-state index is 12.9. The molecular weight excluding hydrogens is 338 g/mol. The summed E-state index contributed by atoms with van der Waals surface area (Å²) in [6.45, 7) is 15.8. The fourth-order valence-corrected chi connectivity index (χ4v) is 2.92. The lowest BCUT2D eigenvalue weighted by atomic mass is 9.85. The van der Waals surface area contributed by atoms with Crippen molar-refractivity contribution in [2.75, 3.05) is 27.2 Å². The Hall–Kier alpha value is -1.36. The molecular formula is C22H43N3O2. The maximum Gasteiger partial charge on any atom is 0.245 e. The van der Waals surface area contributed by atoms with Crippen LogP contribution in [0.4, 0.5) is 0 Å². The molecule has 5 nitrogen and oxygen atoms in total. The van der Waals surface area contributed by atoms with Crippen molar-refractivity contribution in [3.63, 3.8) is 0 Å². The van der Waals surface area contributed by atoms with Crippen LogP contribution in [-0.4, -0.2) is 60.9 Å². The first-order valence-electron chi connectivity index (χ1n) is 10.3. The Kier molecular flexibility index (Phi) is 11.6. The first-order chi connectivity index (χ1) is 12.4. The van der Waals surface area contributed by atoms with Crippen LogP contribution in [0.1, 0.15) is 74.1 Å². The van der Waals surface area contributed by atoms with Crippen molar-refractivity contribution in [3.05, 3.63) is 11.6 Å². The van der Waals surface area contributed by atoms with Gasteiger partial charge in [0.2, 0.25) is 11.8 Å². The zero-order valence-electron chi connectivity index (χ0n) is 19.2. The molecule has 2 atom stereocenters. The summed E-state index contributed by atoms with van der Waals surface area (Å²) in [7, 11) is 3.78. The molecule has 0 aromatic carbocycles. The van der Waals surface area contributed by atoms with Crippen molar-refractivity contribution in [1.82, 2.24) is 15.1 Å². The minimum atomic E-state index is -0.518. The molecule has 158 valence electrons. The average molecular weight is 382 g/mol. The van der Waals surface area contributed by atoms with Crippen LogP contribution in [0.3, 0.4) is 0 Å². The van der Waals surface area contributed by atoms with E-state index in [1.165, 1.54) is 12.0 Å². The van der Waals surface area contributed by atoms with Crippen LogP contribution in [0.15, 0.2) is 11.6 Å². The van der Waals surface area contributed by atoms with Crippen LogP contribution in [-0.2, 0) is 9.59 Å². The number of nitrogens with one attached hydrogen (secondary N) is 1. The third kappa shape index (κ3) is 9.41. The van der Waals surface area contributed by atoms with Crippen molar-refractivity contribution in [3.8, 4) is 0 Å². The summed E-state index contributed by atoms with van der Waals surface area (Å²) in [6.07, 6.45) is 6.33. The van der Waals surface area contributed by atoms with E-state index in [4.69, 9.17) is 0 Å². The summed E-state index contributed by atoms with van der Waals surface area (Å²) < 4.78 is 0. The van der Waals surface area contributed by atoms with Gasteiger partial charge < -0.3 is 10.2 Å². The van der Waals surface area contributed by atoms with Gasteiger partial charge in [-0.1, -0.05) is 59.1 Å². The molecule has 1 aliphatic heterocycles. The molecule has 1 N–H and O–H groups in total. The zero-order chi connectivity index (χ0) is 21.2. The van der Waals surface area contributed by atoms with Crippen LogP contribution in [0.5, 0.6) is 0 Å². The van der Waals surface area contributed by atoms with Crippen molar-refractivity contribution in [1.29, 1.82) is 0 Å². The zero-order valence-corrected chi connectivity index (χ0v) is 19.2. The van der Waals surface area contributed by atoms with Crippen LogP contribution >= 0.6 is 0 Å². The summed E-state index contributed by atoms with van der Waals surface area (Å²) >= 11 is 0. The van der Waals surface area contributed by atoms with Gasteiger partial charge in [0.25, 0.3) is 0 Å². The highest BCUT2D eigenvalue weighted by Crippen LogP contribution is 2.22. The van der Waals surface area contributed by atoms with Crippen LogP contribution < -0.4 is 5.32 Å². The SMILES string of the molecule is CC(C)=CCN(C)C(=O)C(NC(=O)C1CCCCN1C)C(C)(C)C.CCC. The summed E-state index contributed by atoms with van der Waals surface area (Å²) in [6, 6.07) is -0.643. The molecule has 0 bridgehead atoms. The first-order valence-corrected chi connectivity index (χ1v) is 10.3. The van der Waals surface area contributed by atoms with E-state index in [1.807, 2.05) is 47.7 Å². The second kappa shape index (κ2) is 12.2. The largest absolute Gasteiger partial charge is 0.342 e. The van der Waals surface area contributed by atoms with E-state index in [-0.39, 0.29) is 23.3 Å². The van der Waals surface area contributed by atoms with E-state index in [2.05, 4.69) is 24.1 Å². The van der Waals surface area contributed by atoms with Crippen molar-refractivity contribution < 1.29 is 9.59 Å². The maximum absolute atomic E-state index is 12.9. The fourth-order valence-electron chi connectivity index (χ4n) is 2.92. The number of allylic oxidation sites excluding steroid dienone is 1. The molecule has 1 saturated heterocycles. The molecule has 0 aliphatic carbocycles. The normalized spacial score (nSPS) is 18.6. The number of likely N-dealkylation sites (N-methyl/N-ethyl adjacent to an activating group) is 2. The van der Waals surface area contributed by atoms with Gasteiger partial charge in [0, 0.05) is 13.6 Å². The third-order valence-electron chi connectivity index (χ3n) is 4.62. The van der Waals surface area contributed by atoms with E-state index < -0.39 is 6.04 Å². The monoisotopic (exact) mass is 381 g/mol. The highest BCUT2D eigenvalue weighted by molar-refractivity contribution is 5.90. The van der Waals surface area contributed by atoms with Gasteiger partial charge >= 0.3 is 0 Å². The van der Waals surface area contributed by atoms with Crippen molar-refractivity contribution in [2.45, 2.75) is 86.2 Å². The standard InChI is InChI=1S/C19H35N3O2.C3H8/c1-14(2)11-13-22(7)18(24)16(19(3,4)5)20-17(23)15-10-8-9-12-21(15)6;1-3-2/h11,15-16H,8-10,12-13H2,1-7H3,(H,20,23);3H2,1-2H3. The van der Waals surface area contributed by atoms with E-state index >= 15 is 0 Å². The smallest absolute Gasteiger partial charge is 0.245 e. The number of nitrogens with zero attached hydrogens (tertiary/aromatic N) is 2. The van der Waals surface area contributed by atoms with Crippen molar-refractivity contribution in [2.24, 2.45) is 5.41 Å². The molecule has 2 unspecified atom stereocenters. The Morgan fingerprint density at radius 3 is 2.22 bits per heavy atom. The molecule has 0 radical (unpaired) electrons. The summed E-state index contributed by atoms with van der Waals surface area (Å²) in [4.78, 5) is 29.4. The highest BCUT2D eigenvalue weighted by atomic mass is 16.2. The predicted octanol–water partition coefficient (Wildman–Crippen LogP) is 3.84. The topological polar surface area (TPSA) is 52.7 Å². The van der Waals surface area contributed by atoms with E-state index in [9.17, 15) is 9.59 Å². The van der Waals surface area contributed by atoms with Crippen LogP contribution in [0.2, 0.25) is 0 Å². The second-order valence-corrected chi connectivity index (χ2v) is 9.01. The second-order valence-electron chi connectivity index (χ2n) is 9.01.